The Balaban J connectivity index is 6.72. The van der Waals surface area contributed by atoms with Gasteiger partial charge in [0.05, 0.1) is 6.92 Å². The van der Waals surface area contributed by atoms with E-state index in [1.807, 2.05) is 0 Å². The molecule has 0 rings (SSSR count). The van der Waals surface area contributed by atoms with E-state index >= 15 is 0 Å². The van der Waals surface area contributed by atoms with E-state index in [1.165, 1.54) is 0 Å². The van der Waals surface area contributed by atoms with Crippen LogP contribution in [-0.2, 0) is 18.9 Å². The van der Waals surface area contributed by atoms with Gasteiger partial charge in [0, 0.05) is 0 Å². The van der Waals surface area contributed by atoms with Gasteiger partial charge in [-0.15, -0.1) is 0 Å². The second-order valence-electron chi connectivity index (χ2n) is 6.47. The third-order valence-electron chi connectivity index (χ3n) is 3.71. The molecule has 0 heterocycles. The summed E-state index contributed by atoms with van der Waals surface area (Å²) in [7, 11) is 0. The lowest BCUT2D eigenvalue weighted by Crippen LogP contribution is -2.57. The molecule has 0 radical (unpaired) electrons. The maximum atomic E-state index is 14.1. The SMILES string of the molecule is CC(COC(OCC(F)(F)F)(OCC(F)([N+](=O)[O-])[N+](=O)[O-])OCC(F)([N+](=O)[O-])[N+](=O)[O-])([N+](=O)[O-])[N+](=O)[O-]. The maximum absolute atomic E-state index is 14.1. The first-order chi connectivity index (χ1) is 16.5. The molecule has 0 spiro atoms. The van der Waals surface area contributed by atoms with Gasteiger partial charge >= 0.3 is 29.8 Å². The average molecular weight is 566 g/mol. The molecule has 0 saturated heterocycles. The van der Waals surface area contributed by atoms with Crippen LogP contribution in [0.25, 0.3) is 0 Å². The van der Waals surface area contributed by atoms with Gasteiger partial charge in [-0.2, -0.15) is 13.2 Å². The second-order valence-corrected chi connectivity index (χ2v) is 6.47. The normalized spacial score (nSPS) is 13.1. The Morgan fingerprint density at radius 1 is 0.514 bits per heavy atom. The van der Waals surface area contributed by atoms with E-state index in [-0.39, 0.29) is 6.92 Å². The lowest BCUT2D eigenvalue weighted by molar-refractivity contribution is -0.841. The van der Waals surface area contributed by atoms with Crippen molar-refractivity contribution in [3.8, 4) is 0 Å². The van der Waals surface area contributed by atoms with Gasteiger partial charge in [0.1, 0.15) is 29.5 Å². The number of alkyl halides is 5. The van der Waals surface area contributed by atoms with E-state index in [1.54, 1.807) is 0 Å². The summed E-state index contributed by atoms with van der Waals surface area (Å²) < 4.78 is 82.1. The van der Waals surface area contributed by atoms with Crippen LogP contribution >= 0.6 is 0 Å². The van der Waals surface area contributed by atoms with Crippen molar-refractivity contribution >= 4 is 0 Å². The minimum absolute atomic E-state index is 0.0997. The van der Waals surface area contributed by atoms with Crippen molar-refractivity contribution in [1.29, 1.82) is 0 Å². The fourth-order valence-electron chi connectivity index (χ4n) is 1.52. The Bertz CT molecular complexity index is 801. The molecule has 0 aliphatic rings. The number of ether oxygens (including phenoxy) is 4. The first-order valence-electron chi connectivity index (χ1n) is 8.36. The number of rotatable bonds is 17. The summed E-state index contributed by atoms with van der Waals surface area (Å²) in [4.78, 5) is 51.7. The van der Waals surface area contributed by atoms with Crippen LogP contribution in [0.1, 0.15) is 6.92 Å². The first kappa shape index (κ1) is 32.9. The lowest BCUT2D eigenvalue weighted by atomic mass is 10.2. The largest absolute Gasteiger partial charge is 0.638 e. The second kappa shape index (κ2) is 11.3. The zero-order valence-corrected chi connectivity index (χ0v) is 17.4. The monoisotopic (exact) mass is 566 g/mol. The Labute approximate surface area is 195 Å². The minimum atomic E-state index is -5.56. The zero-order chi connectivity index (χ0) is 29.6. The maximum Gasteiger partial charge on any atom is 0.638 e. The lowest BCUT2D eigenvalue weighted by Gasteiger charge is -2.32. The summed E-state index contributed by atoms with van der Waals surface area (Å²) in [6.45, 7) is -10.4. The predicted molar refractivity (Wildman–Crippen MR) is 90.6 cm³/mol. The molecule has 0 aliphatic carbocycles. The number of halogens is 5. The van der Waals surface area contributed by atoms with Gasteiger partial charge in [0.2, 0.25) is 13.2 Å². The summed E-state index contributed by atoms with van der Waals surface area (Å²) in [5.41, 5.74) is -3.61. The van der Waals surface area contributed by atoms with E-state index in [0.29, 0.717) is 0 Å². The van der Waals surface area contributed by atoms with Crippen molar-refractivity contribution in [2.75, 3.05) is 26.4 Å². The average Bonchev–Trinajstić information content (AvgIpc) is 2.75. The fourth-order valence-corrected chi connectivity index (χ4v) is 1.52. The Morgan fingerprint density at radius 2 is 0.784 bits per heavy atom. The van der Waals surface area contributed by atoms with Crippen LogP contribution in [0.3, 0.4) is 0 Å². The quantitative estimate of drug-likeness (QED) is 0.0726. The highest BCUT2D eigenvalue weighted by Crippen LogP contribution is 2.29. The van der Waals surface area contributed by atoms with Crippen molar-refractivity contribution in [2.45, 2.75) is 36.8 Å². The van der Waals surface area contributed by atoms with Crippen molar-refractivity contribution in [1.82, 2.24) is 0 Å². The van der Waals surface area contributed by atoms with Gasteiger partial charge < -0.3 is 0 Å². The molecule has 0 atom stereocenters. The fraction of sp³-hybridized carbons (Fsp3) is 1.00. The van der Waals surface area contributed by atoms with Gasteiger partial charge in [-0.05, 0) is 0 Å². The predicted octanol–water partition coefficient (Wildman–Crippen LogP) is -0.151. The summed E-state index contributed by atoms with van der Waals surface area (Å²) in [6, 6.07) is 0. The summed E-state index contributed by atoms with van der Waals surface area (Å²) >= 11 is 0. The molecule has 22 nitrogen and oxygen atoms in total. The summed E-state index contributed by atoms with van der Waals surface area (Å²) in [5, 5.41) is 64.7. The molecule has 27 heteroatoms. The molecule has 0 aromatic heterocycles. The van der Waals surface area contributed by atoms with Crippen LogP contribution in [-0.4, -0.2) is 85.8 Å². The highest BCUT2D eigenvalue weighted by atomic mass is 19.4. The standard InChI is InChI=1S/C10H11F5N6O16/c1-6(16(22)23,17(24)25)2-34-10(35-3-7(11,12)13,36-4-8(14,18(26)27)19(28)29)37-5-9(15,20(30)31)21(32)33/h2-5H2,1H3. The summed E-state index contributed by atoms with van der Waals surface area (Å²) in [5.74, 6) is -10.0. The minimum Gasteiger partial charge on any atom is -0.294 e. The van der Waals surface area contributed by atoms with Gasteiger partial charge in [-0.25, -0.2) is 0 Å². The van der Waals surface area contributed by atoms with Gasteiger partial charge in [-0.3, -0.25) is 79.6 Å². The van der Waals surface area contributed by atoms with Crippen LogP contribution in [0.5, 0.6) is 0 Å². The molecule has 0 amide bonds. The number of nitro groups is 6. The highest BCUT2D eigenvalue weighted by molar-refractivity contribution is 4.63. The molecule has 0 fully saturated rings. The molecular formula is C10H11F5N6O16. The van der Waals surface area contributed by atoms with Gasteiger partial charge in [0.15, 0.2) is 13.2 Å². The van der Waals surface area contributed by atoms with Gasteiger partial charge in [0.25, 0.3) is 0 Å². The van der Waals surface area contributed by atoms with Crippen LogP contribution in [0.15, 0.2) is 0 Å². The van der Waals surface area contributed by atoms with Crippen LogP contribution in [0.4, 0.5) is 22.0 Å². The topological polar surface area (TPSA) is 296 Å². The number of nitrogens with zero attached hydrogens (tertiary/aromatic N) is 6. The van der Waals surface area contributed by atoms with E-state index in [4.69, 9.17) is 0 Å². The number of hydrogen-bond donors (Lipinski definition) is 0. The molecule has 0 N–H and O–H groups in total. The van der Waals surface area contributed by atoms with E-state index in [9.17, 15) is 82.6 Å². The first-order valence-corrected chi connectivity index (χ1v) is 8.36. The molecule has 0 bridgehead atoms. The molecule has 0 saturated carbocycles. The third kappa shape index (κ3) is 7.94. The highest BCUT2D eigenvalue weighted by Gasteiger charge is 2.65. The van der Waals surface area contributed by atoms with Crippen molar-refractivity contribution in [3.05, 3.63) is 60.7 Å². The van der Waals surface area contributed by atoms with Crippen LogP contribution < -0.4 is 0 Å². The molecule has 0 aromatic rings. The Hall–Kier alpha value is -4.11. The van der Waals surface area contributed by atoms with Crippen molar-refractivity contribution in [2.24, 2.45) is 0 Å². The molecule has 0 aliphatic heterocycles. The van der Waals surface area contributed by atoms with E-state index in [0.717, 1.165) is 0 Å². The molecular weight excluding hydrogens is 555 g/mol. The smallest absolute Gasteiger partial charge is 0.294 e. The molecule has 0 aromatic carbocycles. The molecule has 0 unspecified atom stereocenters. The van der Waals surface area contributed by atoms with E-state index in [2.05, 4.69) is 18.9 Å². The van der Waals surface area contributed by atoms with Gasteiger partial charge in [-0.1, -0.05) is 8.78 Å². The Morgan fingerprint density at radius 3 is 1.03 bits per heavy atom. The molecule has 212 valence electrons. The number of hydrogen-bond acceptors (Lipinski definition) is 16. The zero-order valence-electron chi connectivity index (χ0n) is 17.4. The van der Waals surface area contributed by atoms with Crippen LogP contribution in [0, 0.1) is 60.7 Å². The third-order valence-corrected chi connectivity index (χ3v) is 3.71. The van der Waals surface area contributed by atoms with E-state index < -0.39 is 85.8 Å². The summed E-state index contributed by atoms with van der Waals surface area (Å²) in [6.07, 6.45) is -10.1. The van der Waals surface area contributed by atoms with Crippen molar-refractivity contribution in [3.63, 3.8) is 0 Å². The molecule has 37 heavy (non-hydrogen) atoms. The van der Waals surface area contributed by atoms with Crippen molar-refractivity contribution < 1.29 is 70.4 Å². The van der Waals surface area contributed by atoms with Crippen LogP contribution in [0.2, 0.25) is 0 Å². The Kier molecular flexibility index (Phi) is 10.0.